The zero-order valence-electron chi connectivity index (χ0n) is 12.4. The van der Waals surface area contributed by atoms with Gasteiger partial charge in [0, 0.05) is 27.6 Å². The molecule has 2 aromatic heterocycles. The first-order valence-electron chi connectivity index (χ1n) is 7.23. The molecule has 4 rings (SSSR count). The summed E-state index contributed by atoms with van der Waals surface area (Å²) in [6.45, 7) is 0. The van der Waals surface area contributed by atoms with Gasteiger partial charge in [0.25, 0.3) is 0 Å². The molecular formula is C18H10N4O2. The highest BCUT2D eigenvalue weighted by Gasteiger charge is 2.10. The standard InChI is InChI=1S/C18H10N4O2/c19-22-21-13-7-5-11(6-8-13)15-9-12-10-20-16-4-2-1-3-14(16)17(12)24-18(15)23/h1-10H. The number of rotatable bonds is 2. The summed E-state index contributed by atoms with van der Waals surface area (Å²) < 4.78 is 5.56. The summed E-state index contributed by atoms with van der Waals surface area (Å²) in [6, 6.07) is 16.0. The minimum Gasteiger partial charge on any atom is -0.421 e. The van der Waals surface area contributed by atoms with Gasteiger partial charge in [-0.2, -0.15) is 0 Å². The van der Waals surface area contributed by atoms with Crippen molar-refractivity contribution in [3.63, 3.8) is 0 Å². The zero-order chi connectivity index (χ0) is 16.5. The fraction of sp³-hybridized carbons (Fsp3) is 0. The van der Waals surface area contributed by atoms with Gasteiger partial charge in [0.05, 0.1) is 11.1 Å². The highest BCUT2D eigenvalue weighted by atomic mass is 16.4. The minimum atomic E-state index is -0.421. The Morgan fingerprint density at radius 3 is 2.67 bits per heavy atom. The van der Waals surface area contributed by atoms with Crippen molar-refractivity contribution < 1.29 is 4.42 Å². The molecule has 2 aromatic carbocycles. The number of azide groups is 1. The van der Waals surface area contributed by atoms with E-state index in [-0.39, 0.29) is 0 Å². The highest BCUT2D eigenvalue weighted by Crippen LogP contribution is 2.26. The van der Waals surface area contributed by atoms with Crippen LogP contribution in [0.4, 0.5) is 5.69 Å². The van der Waals surface area contributed by atoms with Gasteiger partial charge in [0.15, 0.2) is 0 Å². The maximum atomic E-state index is 12.4. The van der Waals surface area contributed by atoms with Crippen molar-refractivity contribution in [1.29, 1.82) is 0 Å². The molecule has 0 radical (unpaired) electrons. The second-order valence-electron chi connectivity index (χ2n) is 5.24. The maximum Gasteiger partial charge on any atom is 0.344 e. The average Bonchev–Trinajstić information content (AvgIpc) is 2.62. The first-order valence-corrected chi connectivity index (χ1v) is 7.23. The predicted octanol–water partition coefficient (Wildman–Crippen LogP) is 4.95. The normalized spacial score (nSPS) is 10.7. The lowest BCUT2D eigenvalue weighted by molar-refractivity contribution is 0.566. The summed E-state index contributed by atoms with van der Waals surface area (Å²) in [6.07, 6.45) is 1.69. The molecule has 0 saturated carbocycles. The van der Waals surface area contributed by atoms with E-state index in [1.54, 1.807) is 36.5 Å². The lowest BCUT2D eigenvalue weighted by Gasteiger charge is -2.05. The van der Waals surface area contributed by atoms with E-state index in [9.17, 15) is 4.79 Å². The molecule has 0 saturated heterocycles. The Morgan fingerprint density at radius 1 is 1.08 bits per heavy atom. The van der Waals surface area contributed by atoms with E-state index in [1.165, 1.54) is 0 Å². The molecule has 0 bridgehead atoms. The summed E-state index contributed by atoms with van der Waals surface area (Å²) in [5, 5.41) is 5.07. The number of para-hydroxylation sites is 1. The second-order valence-corrected chi connectivity index (χ2v) is 5.24. The summed E-state index contributed by atoms with van der Waals surface area (Å²) in [7, 11) is 0. The third-order valence-corrected chi connectivity index (χ3v) is 3.81. The molecule has 0 aliphatic rings. The lowest BCUT2D eigenvalue weighted by atomic mass is 10.1. The minimum absolute atomic E-state index is 0.421. The second kappa shape index (κ2) is 5.53. The van der Waals surface area contributed by atoms with Crippen LogP contribution < -0.4 is 5.63 Å². The van der Waals surface area contributed by atoms with E-state index in [4.69, 9.17) is 9.95 Å². The molecule has 0 aliphatic heterocycles. The molecule has 4 aromatic rings. The Balaban J connectivity index is 1.93. The van der Waals surface area contributed by atoms with Crippen LogP contribution >= 0.6 is 0 Å². The van der Waals surface area contributed by atoms with Crippen molar-refractivity contribution in [2.75, 3.05) is 0 Å². The van der Waals surface area contributed by atoms with Gasteiger partial charge < -0.3 is 4.42 Å². The van der Waals surface area contributed by atoms with Gasteiger partial charge >= 0.3 is 5.63 Å². The maximum absolute atomic E-state index is 12.4. The van der Waals surface area contributed by atoms with Gasteiger partial charge in [-0.25, -0.2) is 4.79 Å². The van der Waals surface area contributed by atoms with Crippen LogP contribution in [0.2, 0.25) is 0 Å². The molecular weight excluding hydrogens is 304 g/mol. The van der Waals surface area contributed by atoms with E-state index in [0.717, 1.165) is 16.3 Å². The largest absolute Gasteiger partial charge is 0.421 e. The molecule has 0 amide bonds. The first kappa shape index (κ1) is 14.0. The summed E-state index contributed by atoms with van der Waals surface area (Å²) in [4.78, 5) is 19.5. The number of fused-ring (bicyclic) bond motifs is 3. The van der Waals surface area contributed by atoms with Gasteiger partial charge in [-0.05, 0) is 29.3 Å². The van der Waals surface area contributed by atoms with Crippen LogP contribution in [0.5, 0.6) is 0 Å². The third kappa shape index (κ3) is 2.27. The van der Waals surface area contributed by atoms with E-state index in [0.29, 0.717) is 22.4 Å². The third-order valence-electron chi connectivity index (χ3n) is 3.81. The Morgan fingerprint density at radius 2 is 1.88 bits per heavy atom. The van der Waals surface area contributed by atoms with Crippen molar-refractivity contribution in [3.05, 3.63) is 81.7 Å². The first-order chi connectivity index (χ1) is 11.8. The fourth-order valence-electron chi connectivity index (χ4n) is 2.67. The number of hydrogen-bond donors (Lipinski definition) is 0. The highest BCUT2D eigenvalue weighted by molar-refractivity contribution is 6.02. The molecule has 0 aliphatic carbocycles. The molecule has 0 unspecified atom stereocenters. The van der Waals surface area contributed by atoms with Crippen LogP contribution in [0, 0.1) is 0 Å². The Hall–Kier alpha value is -3.63. The molecule has 114 valence electrons. The van der Waals surface area contributed by atoms with Crippen molar-refractivity contribution in [2.45, 2.75) is 0 Å². The smallest absolute Gasteiger partial charge is 0.344 e. The summed E-state index contributed by atoms with van der Waals surface area (Å²) in [5.74, 6) is 0. The monoisotopic (exact) mass is 314 g/mol. The lowest BCUT2D eigenvalue weighted by Crippen LogP contribution is -2.03. The van der Waals surface area contributed by atoms with Gasteiger partial charge in [-0.3, -0.25) is 4.98 Å². The Kier molecular flexibility index (Phi) is 3.23. The van der Waals surface area contributed by atoms with Crippen LogP contribution in [0.15, 0.2) is 75.1 Å². The Bertz CT molecular complexity index is 1170. The van der Waals surface area contributed by atoms with E-state index < -0.39 is 5.63 Å². The van der Waals surface area contributed by atoms with Crippen molar-refractivity contribution in [3.8, 4) is 11.1 Å². The van der Waals surface area contributed by atoms with Gasteiger partial charge in [0.2, 0.25) is 0 Å². The number of aromatic nitrogens is 1. The van der Waals surface area contributed by atoms with Crippen LogP contribution in [0.25, 0.3) is 43.4 Å². The number of hydrogen-bond acceptors (Lipinski definition) is 4. The fourth-order valence-corrected chi connectivity index (χ4v) is 2.67. The molecule has 24 heavy (non-hydrogen) atoms. The van der Waals surface area contributed by atoms with Gasteiger partial charge in [0.1, 0.15) is 5.58 Å². The molecule has 2 heterocycles. The summed E-state index contributed by atoms with van der Waals surface area (Å²) in [5.41, 5.74) is 10.9. The van der Waals surface area contributed by atoms with Gasteiger partial charge in [-0.15, -0.1) is 0 Å². The van der Waals surface area contributed by atoms with Crippen molar-refractivity contribution >= 4 is 27.6 Å². The molecule has 0 spiro atoms. The molecule has 0 atom stereocenters. The van der Waals surface area contributed by atoms with Crippen LogP contribution in [0.3, 0.4) is 0 Å². The molecule has 0 N–H and O–H groups in total. The summed E-state index contributed by atoms with van der Waals surface area (Å²) >= 11 is 0. The molecule has 0 fully saturated rings. The van der Waals surface area contributed by atoms with E-state index in [2.05, 4.69) is 15.0 Å². The molecule has 6 heteroatoms. The molecule has 6 nitrogen and oxygen atoms in total. The van der Waals surface area contributed by atoms with Crippen LogP contribution in [0.1, 0.15) is 0 Å². The number of nitrogens with zero attached hydrogens (tertiary/aromatic N) is 4. The zero-order valence-corrected chi connectivity index (χ0v) is 12.4. The predicted molar refractivity (Wildman–Crippen MR) is 92.0 cm³/mol. The van der Waals surface area contributed by atoms with Crippen molar-refractivity contribution in [2.24, 2.45) is 5.11 Å². The number of pyridine rings is 1. The Labute approximate surface area is 135 Å². The van der Waals surface area contributed by atoms with Crippen molar-refractivity contribution in [1.82, 2.24) is 4.98 Å². The van der Waals surface area contributed by atoms with E-state index in [1.807, 2.05) is 24.3 Å². The number of benzene rings is 2. The van der Waals surface area contributed by atoms with E-state index >= 15 is 0 Å². The van der Waals surface area contributed by atoms with Gasteiger partial charge in [-0.1, -0.05) is 41.5 Å². The SMILES string of the molecule is [N-]=[N+]=Nc1ccc(-c2cc3cnc4ccccc4c3oc2=O)cc1. The average molecular weight is 314 g/mol. The topological polar surface area (TPSA) is 91.9 Å². The van der Waals surface area contributed by atoms with Crippen LogP contribution in [-0.2, 0) is 0 Å². The van der Waals surface area contributed by atoms with Crippen LogP contribution in [-0.4, -0.2) is 4.98 Å². The quantitative estimate of drug-likeness (QED) is 0.227.